The van der Waals surface area contributed by atoms with Crippen molar-refractivity contribution in [1.82, 2.24) is 0 Å². The highest BCUT2D eigenvalue weighted by Gasteiger charge is 2.73. The second-order valence-corrected chi connectivity index (χ2v) is 7.94. The van der Waals surface area contributed by atoms with Crippen LogP contribution in [0.2, 0.25) is 0 Å². The Bertz CT molecular complexity index is 1010. The summed E-state index contributed by atoms with van der Waals surface area (Å²) in [7, 11) is 0. The second-order valence-electron chi connectivity index (χ2n) is 7.94. The highest BCUT2D eigenvalue weighted by atomic mass is 19.4. The van der Waals surface area contributed by atoms with Crippen LogP contribution in [0.25, 0.3) is 0 Å². The highest BCUT2D eigenvalue weighted by molar-refractivity contribution is 6.23. The number of ether oxygens (including phenoxy) is 1. The number of imide groups is 1. The van der Waals surface area contributed by atoms with Crippen LogP contribution in [0.1, 0.15) is 43.7 Å². The summed E-state index contributed by atoms with van der Waals surface area (Å²) >= 11 is 0. The third-order valence-corrected chi connectivity index (χ3v) is 6.36. The number of halogens is 3. The minimum absolute atomic E-state index is 0.149. The summed E-state index contributed by atoms with van der Waals surface area (Å²) in [6.07, 6.45) is -3.32. The van der Waals surface area contributed by atoms with E-state index in [1.807, 2.05) is 6.07 Å². The summed E-state index contributed by atoms with van der Waals surface area (Å²) in [5, 5.41) is 17.9. The number of carbonyl (C=O) groups excluding carboxylic acids is 2. The fraction of sp³-hybridized carbons (Fsp3) is 0.500. The number of nitriles is 2. The van der Waals surface area contributed by atoms with Crippen LogP contribution < -0.4 is 4.90 Å². The normalized spacial score (nSPS) is 33.0. The van der Waals surface area contributed by atoms with Gasteiger partial charge in [-0.05, 0) is 44.4 Å². The molecule has 3 aliphatic rings. The summed E-state index contributed by atoms with van der Waals surface area (Å²) in [6.45, 7) is 1.74. The lowest BCUT2D eigenvalue weighted by molar-refractivity contribution is -0.138. The first kappa shape index (κ1) is 19.4. The first-order valence-electron chi connectivity index (χ1n) is 9.14. The van der Waals surface area contributed by atoms with E-state index in [1.165, 1.54) is 12.1 Å². The van der Waals surface area contributed by atoms with Crippen LogP contribution >= 0.6 is 0 Å². The SMILES string of the molecule is C[C@@]12CC[C@@](CCC#N)(O1)[C@H]1C(=O)N(c3ccc(C#N)c(C(F)(F)F)c3)C(=O)[C@H]12. The van der Waals surface area contributed by atoms with E-state index < -0.39 is 52.2 Å². The predicted octanol–water partition coefficient (Wildman–Crippen LogP) is 3.31. The molecule has 1 aromatic rings. The van der Waals surface area contributed by atoms with Crippen LogP contribution in [0.4, 0.5) is 18.9 Å². The number of alkyl halides is 3. The molecule has 2 amide bonds. The van der Waals surface area contributed by atoms with Crippen LogP contribution in [0.3, 0.4) is 0 Å². The maximum Gasteiger partial charge on any atom is 0.417 e. The molecule has 3 heterocycles. The van der Waals surface area contributed by atoms with Gasteiger partial charge in [0, 0.05) is 6.42 Å². The summed E-state index contributed by atoms with van der Waals surface area (Å²) in [6, 6.07) is 6.32. The van der Waals surface area contributed by atoms with Gasteiger partial charge in [-0.2, -0.15) is 23.7 Å². The van der Waals surface area contributed by atoms with E-state index in [0.717, 1.165) is 11.0 Å². The molecule has 150 valence electrons. The standard InChI is InChI=1S/C20H16F3N3O3/c1-18-6-7-19(29-18,5-2-8-24)15-14(18)16(27)26(17(15)28)12-4-3-11(10-25)13(9-12)20(21,22)23/h3-4,9,14-15H,2,5-7H2,1H3/t14-,15+,18-,19+/m0/s1. The highest BCUT2D eigenvalue weighted by Crippen LogP contribution is 2.62. The molecule has 0 spiro atoms. The van der Waals surface area contributed by atoms with Crippen LogP contribution in [0.5, 0.6) is 0 Å². The molecule has 0 unspecified atom stereocenters. The quantitative estimate of drug-likeness (QED) is 0.722. The number of benzene rings is 1. The monoisotopic (exact) mass is 403 g/mol. The number of nitrogens with zero attached hydrogens (tertiary/aromatic N) is 3. The maximum absolute atomic E-state index is 13.3. The number of rotatable bonds is 3. The molecule has 3 aliphatic heterocycles. The van der Waals surface area contributed by atoms with Gasteiger partial charge in [0.15, 0.2) is 0 Å². The number of hydrogen-bond acceptors (Lipinski definition) is 5. The van der Waals surface area contributed by atoms with E-state index >= 15 is 0 Å². The van der Waals surface area contributed by atoms with Gasteiger partial charge in [-0.1, -0.05) is 0 Å². The molecule has 0 N–H and O–H groups in total. The van der Waals surface area contributed by atoms with Crippen molar-refractivity contribution in [3.8, 4) is 12.1 Å². The van der Waals surface area contributed by atoms with Crippen molar-refractivity contribution in [1.29, 1.82) is 10.5 Å². The van der Waals surface area contributed by atoms with E-state index in [-0.39, 0.29) is 18.5 Å². The molecule has 4 atom stereocenters. The molecule has 0 radical (unpaired) electrons. The molecular formula is C20H16F3N3O3. The number of carbonyl (C=O) groups is 2. The molecule has 1 aromatic carbocycles. The lowest BCUT2D eigenvalue weighted by Gasteiger charge is -2.30. The zero-order chi connectivity index (χ0) is 21.2. The summed E-state index contributed by atoms with van der Waals surface area (Å²) in [5.74, 6) is -2.84. The van der Waals surface area contributed by atoms with Crippen molar-refractivity contribution < 1.29 is 27.5 Å². The Kier molecular flexibility index (Phi) is 4.04. The van der Waals surface area contributed by atoms with Crippen LogP contribution in [0, 0.1) is 34.5 Å². The summed E-state index contributed by atoms with van der Waals surface area (Å²) in [5.41, 5.74) is -3.82. The van der Waals surface area contributed by atoms with E-state index in [0.29, 0.717) is 18.9 Å². The zero-order valence-corrected chi connectivity index (χ0v) is 15.4. The first-order chi connectivity index (χ1) is 13.6. The Balaban J connectivity index is 1.78. The fourth-order valence-corrected chi connectivity index (χ4v) is 5.14. The Hall–Kier alpha value is -2.91. The number of anilines is 1. The van der Waals surface area contributed by atoms with Gasteiger partial charge >= 0.3 is 6.18 Å². The second kappa shape index (κ2) is 6.04. The van der Waals surface area contributed by atoms with Crippen LogP contribution in [-0.2, 0) is 20.5 Å². The zero-order valence-electron chi connectivity index (χ0n) is 15.4. The Morgan fingerprint density at radius 3 is 2.52 bits per heavy atom. The van der Waals surface area contributed by atoms with Crippen molar-refractivity contribution in [3.05, 3.63) is 29.3 Å². The smallest absolute Gasteiger partial charge is 0.367 e. The van der Waals surface area contributed by atoms with Crippen molar-refractivity contribution in [2.45, 2.75) is 50.0 Å². The Morgan fingerprint density at radius 1 is 1.21 bits per heavy atom. The van der Waals surface area contributed by atoms with Gasteiger partial charge in [-0.25, -0.2) is 4.90 Å². The van der Waals surface area contributed by atoms with Gasteiger partial charge in [0.05, 0.1) is 52.0 Å². The summed E-state index contributed by atoms with van der Waals surface area (Å²) in [4.78, 5) is 27.1. The van der Waals surface area contributed by atoms with E-state index in [1.54, 1.807) is 6.92 Å². The molecule has 0 aliphatic carbocycles. The van der Waals surface area contributed by atoms with Crippen LogP contribution in [-0.4, -0.2) is 23.0 Å². The van der Waals surface area contributed by atoms with Gasteiger partial charge in [0.2, 0.25) is 11.8 Å². The number of hydrogen-bond donors (Lipinski definition) is 0. The first-order valence-corrected chi connectivity index (χ1v) is 9.14. The van der Waals surface area contributed by atoms with Crippen molar-refractivity contribution in [2.75, 3.05) is 4.90 Å². The van der Waals surface area contributed by atoms with E-state index in [9.17, 15) is 22.8 Å². The number of fused-ring (bicyclic) bond motifs is 5. The van der Waals surface area contributed by atoms with Crippen LogP contribution in [0.15, 0.2) is 18.2 Å². The molecule has 9 heteroatoms. The van der Waals surface area contributed by atoms with Gasteiger partial charge in [-0.15, -0.1) is 0 Å². The molecular weight excluding hydrogens is 387 g/mol. The average Bonchev–Trinajstić information content (AvgIpc) is 3.24. The van der Waals surface area contributed by atoms with Gasteiger partial charge in [0.1, 0.15) is 0 Å². The Morgan fingerprint density at radius 2 is 1.90 bits per heavy atom. The Labute approximate surface area is 164 Å². The molecule has 0 aromatic heterocycles. The summed E-state index contributed by atoms with van der Waals surface area (Å²) < 4.78 is 46.1. The third-order valence-electron chi connectivity index (χ3n) is 6.36. The van der Waals surface area contributed by atoms with Crippen molar-refractivity contribution >= 4 is 17.5 Å². The molecule has 6 nitrogen and oxygen atoms in total. The van der Waals surface area contributed by atoms with Crippen molar-refractivity contribution in [3.63, 3.8) is 0 Å². The lowest BCUT2D eigenvalue weighted by atomic mass is 9.67. The van der Waals surface area contributed by atoms with Gasteiger partial charge in [-0.3, -0.25) is 9.59 Å². The molecule has 29 heavy (non-hydrogen) atoms. The van der Waals surface area contributed by atoms with E-state index in [4.69, 9.17) is 15.3 Å². The molecule has 3 saturated heterocycles. The number of amides is 2. The van der Waals surface area contributed by atoms with Gasteiger partial charge < -0.3 is 4.74 Å². The maximum atomic E-state index is 13.3. The topological polar surface area (TPSA) is 94.2 Å². The fourth-order valence-electron chi connectivity index (χ4n) is 5.14. The van der Waals surface area contributed by atoms with E-state index in [2.05, 4.69) is 0 Å². The molecule has 0 saturated carbocycles. The van der Waals surface area contributed by atoms with Gasteiger partial charge in [0.25, 0.3) is 0 Å². The largest absolute Gasteiger partial charge is 0.417 e. The third kappa shape index (κ3) is 2.57. The minimum atomic E-state index is -4.80. The minimum Gasteiger partial charge on any atom is -0.367 e. The average molecular weight is 403 g/mol. The lowest BCUT2D eigenvalue weighted by Crippen LogP contribution is -2.42. The van der Waals surface area contributed by atoms with Crippen molar-refractivity contribution in [2.24, 2.45) is 11.8 Å². The predicted molar refractivity (Wildman–Crippen MR) is 91.9 cm³/mol. The molecule has 4 rings (SSSR count). The molecule has 3 fully saturated rings. The molecule has 2 bridgehead atoms.